The van der Waals surface area contributed by atoms with Crippen LogP contribution in [0.5, 0.6) is 11.5 Å². The van der Waals surface area contributed by atoms with Gasteiger partial charge in [0.15, 0.2) is 11.5 Å². The average molecular weight is 294 g/mol. The van der Waals surface area contributed by atoms with E-state index in [9.17, 15) is 9.90 Å². The molecule has 116 valence electrons. The first-order chi connectivity index (χ1) is 10.1. The summed E-state index contributed by atoms with van der Waals surface area (Å²) in [6.45, 7) is 2.51. The van der Waals surface area contributed by atoms with Crippen LogP contribution in [0, 0.1) is 0 Å². The molecule has 1 aromatic rings. The maximum absolute atomic E-state index is 12.2. The maximum Gasteiger partial charge on any atom is 0.224 e. The van der Waals surface area contributed by atoms with Gasteiger partial charge in [0.25, 0.3) is 0 Å². The van der Waals surface area contributed by atoms with Gasteiger partial charge in [0.05, 0.1) is 20.3 Å². The summed E-state index contributed by atoms with van der Waals surface area (Å²) >= 11 is 0. The van der Waals surface area contributed by atoms with Crippen LogP contribution in [0.3, 0.4) is 0 Å². The lowest BCUT2D eigenvalue weighted by molar-refractivity contribution is -0.131. The molecule has 21 heavy (non-hydrogen) atoms. The van der Waals surface area contributed by atoms with Crippen molar-refractivity contribution >= 4 is 5.91 Å². The van der Waals surface area contributed by atoms with Crippen LogP contribution in [0.1, 0.15) is 12.0 Å². The van der Waals surface area contributed by atoms with E-state index in [-0.39, 0.29) is 17.7 Å². The molecule has 0 bridgehead atoms. The number of hydrogen-bond donors (Lipinski definition) is 2. The fourth-order valence-corrected chi connectivity index (χ4v) is 2.31. The Kier molecular flexibility index (Phi) is 5.41. The topological polar surface area (TPSA) is 71.0 Å². The van der Waals surface area contributed by atoms with Gasteiger partial charge in [0, 0.05) is 32.6 Å². The molecule has 1 aliphatic rings. The first kappa shape index (κ1) is 15.6. The average Bonchev–Trinajstić information content (AvgIpc) is 2.48. The lowest BCUT2D eigenvalue weighted by Crippen LogP contribution is -2.44. The summed E-state index contributed by atoms with van der Waals surface area (Å²) in [6.07, 6.45) is 0.415. The lowest BCUT2D eigenvalue weighted by atomic mass is 10.1. The van der Waals surface area contributed by atoms with E-state index in [0.29, 0.717) is 31.9 Å². The maximum atomic E-state index is 12.2. The summed E-state index contributed by atoms with van der Waals surface area (Å²) in [6, 6.07) is 5.23. The van der Waals surface area contributed by atoms with Crippen molar-refractivity contribution in [3.63, 3.8) is 0 Å². The van der Waals surface area contributed by atoms with Crippen molar-refractivity contribution in [1.82, 2.24) is 10.2 Å². The third-order valence-corrected chi connectivity index (χ3v) is 3.51. The summed E-state index contributed by atoms with van der Waals surface area (Å²) in [5, 5.41) is 13.0. The molecule has 1 amide bonds. The van der Waals surface area contributed by atoms with Gasteiger partial charge in [-0.2, -0.15) is 0 Å². The van der Waals surface area contributed by atoms with E-state index in [2.05, 4.69) is 5.32 Å². The fourth-order valence-electron chi connectivity index (χ4n) is 2.31. The number of benzene rings is 1. The minimum absolute atomic E-state index is 0.0494. The highest BCUT2D eigenvalue weighted by Gasteiger charge is 2.19. The van der Waals surface area contributed by atoms with Crippen molar-refractivity contribution in [1.29, 1.82) is 0 Å². The van der Waals surface area contributed by atoms with Crippen molar-refractivity contribution in [2.24, 2.45) is 0 Å². The number of methoxy groups -OCH3 is 1. The van der Waals surface area contributed by atoms with Crippen molar-refractivity contribution in [2.75, 3.05) is 33.9 Å². The number of rotatable bonds is 5. The second-order valence-corrected chi connectivity index (χ2v) is 5.19. The first-order valence-corrected chi connectivity index (χ1v) is 7.01. The molecule has 0 saturated carbocycles. The number of phenols is 1. The van der Waals surface area contributed by atoms with E-state index in [0.717, 1.165) is 12.1 Å². The molecule has 1 aliphatic heterocycles. The van der Waals surface area contributed by atoms with Crippen LogP contribution in [0.2, 0.25) is 0 Å². The molecule has 2 rings (SSSR count). The summed E-state index contributed by atoms with van der Waals surface area (Å²) in [7, 11) is 3.26. The van der Waals surface area contributed by atoms with Crippen LogP contribution in [-0.4, -0.2) is 55.9 Å². The van der Waals surface area contributed by atoms with Crippen LogP contribution in [0.25, 0.3) is 0 Å². The van der Waals surface area contributed by atoms with Crippen molar-refractivity contribution in [3.05, 3.63) is 23.8 Å². The Morgan fingerprint density at radius 2 is 2.38 bits per heavy atom. The molecule has 1 atom stereocenters. The number of phenolic OH excluding ortho intramolecular Hbond substituents is 1. The van der Waals surface area contributed by atoms with Crippen molar-refractivity contribution in [2.45, 2.75) is 19.0 Å². The minimum atomic E-state index is 0.0494. The zero-order valence-electron chi connectivity index (χ0n) is 12.5. The van der Waals surface area contributed by atoms with E-state index in [4.69, 9.17) is 9.47 Å². The standard InChI is InChI=1S/C15H22N2O4/c1-17(15(19)8-12-10-21-6-5-16-12)9-11-3-4-14(20-2)13(18)7-11/h3-4,7,12,16,18H,5-6,8-10H2,1-2H3. The molecular weight excluding hydrogens is 272 g/mol. The SMILES string of the molecule is COc1ccc(CN(C)C(=O)CC2COCCN2)cc1O. The molecule has 1 heterocycles. The third kappa shape index (κ3) is 4.34. The summed E-state index contributed by atoms with van der Waals surface area (Å²) in [5.74, 6) is 0.558. The third-order valence-electron chi connectivity index (χ3n) is 3.51. The Bertz CT molecular complexity index is 487. The minimum Gasteiger partial charge on any atom is -0.504 e. The molecule has 1 saturated heterocycles. The molecule has 0 radical (unpaired) electrons. The van der Waals surface area contributed by atoms with Crippen LogP contribution in [-0.2, 0) is 16.1 Å². The summed E-state index contributed by atoms with van der Waals surface area (Å²) in [4.78, 5) is 13.8. The van der Waals surface area contributed by atoms with Crippen molar-refractivity contribution < 1.29 is 19.4 Å². The predicted molar refractivity (Wildman–Crippen MR) is 78.4 cm³/mol. The lowest BCUT2D eigenvalue weighted by Gasteiger charge is -2.25. The molecule has 6 nitrogen and oxygen atoms in total. The zero-order valence-corrected chi connectivity index (χ0v) is 12.5. The van der Waals surface area contributed by atoms with E-state index < -0.39 is 0 Å². The van der Waals surface area contributed by atoms with E-state index in [1.165, 1.54) is 7.11 Å². The molecule has 1 fully saturated rings. The Morgan fingerprint density at radius 3 is 3.00 bits per heavy atom. The van der Waals surface area contributed by atoms with Gasteiger partial charge in [-0.25, -0.2) is 0 Å². The number of morpholine rings is 1. The quantitative estimate of drug-likeness (QED) is 0.838. The van der Waals surface area contributed by atoms with Gasteiger partial charge in [0.2, 0.25) is 5.91 Å². The van der Waals surface area contributed by atoms with Gasteiger partial charge >= 0.3 is 0 Å². The van der Waals surface area contributed by atoms with E-state index in [1.807, 2.05) is 6.07 Å². The monoisotopic (exact) mass is 294 g/mol. The molecule has 2 N–H and O–H groups in total. The highest BCUT2D eigenvalue weighted by atomic mass is 16.5. The number of aromatic hydroxyl groups is 1. The van der Waals surface area contributed by atoms with E-state index in [1.54, 1.807) is 24.1 Å². The molecule has 1 unspecified atom stereocenters. The highest BCUT2D eigenvalue weighted by Crippen LogP contribution is 2.26. The van der Waals surface area contributed by atoms with E-state index >= 15 is 0 Å². The number of carbonyl (C=O) groups excluding carboxylic acids is 1. The van der Waals surface area contributed by atoms with Gasteiger partial charge in [-0.05, 0) is 17.7 Å². The molecule has 0 spiro atoms. The number of hydrogen-bond acceptors (Lipinski definition) is 5. The van der Waals surface area contributed by atoms with Crippen LogP contribution >= 0.6 is 0 Å². The number of ether oxygens (including phenoxy) is 2. The Hall–Kier alpha value is -1.79. The molecule has 0 aliphatic carbocycles. The van der Waals surface area contributed by atoms with Gasteiger partial charge < -0.3 is 24.8 Å². The highest BCUT2D eigenvalue weighted by molar-refractivity contribution is 5.76. The van der Waals surface area contributed by atoms with Gasteiger partial charge in [-0.1, -0.05) is 6.07 Å². The second-order valence-electron chi connectivity index (χ2n) is 5.19. The number of amides is 1. The number of carbonyl (C=O) groups is 1. The molecule has 0 aromatic heterocycles. The molecule has 1 aromatic carbocycles. The molecular formula is C15H22N2O4. The Morgan fingerprint density at radius 1 is 1.57 bits per heavy atom. The predicted octanol–water partition coefficient (Wildman–Crippen LogP) is 0.738. The smallest absolute Gasteiger partial charge is 0.224 e. The summed E-state index contributed by atoms with van der Waals surface area (Å²) in [5.41, 5.74) is 0.858. The summed E-state index contributed by atoms with van der Waals surface area (Å²) < 4.78 is 10.3. The Labute approximate surface area is 124 Å². The Balaban J connectivity index is 1.89. The first-order valence-electron chi connectivity index (χ1n) is 7.01. The number of nitrogens with one attached hydrogen (secondary N) is 1. The van der Waals surface area contributed by atoms with Crippen LogP contribution < -0.4 is 10.1 Å². The zero-order chi connectivity index (χ0) is 15.2. The normalized spacial score (nSPS) is 18.3. The van der Waals surface area contributed by atoms with Crippen LogP contribution in [0.4, 0.5) is 0 Å². The van der Waals surface area contributed by atoms with Crippen LogP contribution in [0.15, 0.2) is 18.2 Å². The van der Waals surface area contributed by atoms with Crippen molar-refractivity contribution in [3.8, 4) is 11.5 Å². The van der Waals surface area contributed by atoms with Gasteiger partial charge in [0.1, 0.15) is 0 Å². The van der Waals surface area contributed by atoms with Gasteiger partial charge in [-0.3, -0.25) is 4.79 Å². The largest absolute Gasteiger partial charge is 0.504 e. The number of nitrogens with zero attached hydrogens (tertiary/aromatic N) is 1. The fraction of sp³-hybridized carbons (Fsp3) is 0.533. The molecule has 6 heteroatoms. The van der Waals surface area contributed by atoms with Gasteiger partial charge in [-0.15, -0.1) is 0 Å². The second kappa shape index (κ2) is 7.28.